The Bertz CT molecular complexity index is 221. The van der Waals surface area contributed by atoms with Crippen LogP contribution < -0.4 is 0 Å². The lowest BCUT2D eigenvalue weighted by Crippen LogP contribution is -2.49. The maximum atomic E-state index is 10.7. The van der Waals surface area contributed by atoms with E-state index in [1.165, 1.54) is 0 Å². The molecule has 0 saturated heterocycles. The van der Waals surface area contributed by atoms with Crippen molar-refractivity contribution in [2.45, 2.75) is 37.8 Å². The fourth-order valence-electron chi connectivity index (χ4n) is 1.24. The van der Waals surface area contributed by atoms with Gasteiger partial charge in [0.2, 0.25) is 0 Å². The highest BCUT2D eigenvalue weighted by Gasteiger charge is 2.35. The largest absolute Gasteiger partial charge is 0.479 e. The Morgan fingerprint density at radius 3 is 2.24 bits per heavy atom. The monoisotopic (exact) mass is 252 g/mol. The van der Waals surface area contributed by atoms with Gasteiger partial charge in [-0.05, 0) is 6.42 Å². The summed E-state index contributed by atoms with van der Waals surface area (Å²) in [5.74, 6) is -1.42. The van der Waals surface area contributed by atoms with Crippen LogP contribution in [0.15, 0.2) is 0 Å². The Balaban J connectivity index is 4.26. The quantitative estimate of drug-likeness (QED) is 0.373. The van der Waals surface area contributed by atoms with Gasteiger partial charge in [0.25, 0.3) is 0 Å². The molecular weight excluding hydrogens is 232 g/mol. The molecule has 0 radical (unpaired) electrons. The van der Waals surface area contributed by atoms with E-state index in [0.717, 1.165) is 13.5 Å². The van der Waals surface area contributed by atoms with Gasteiger partial charge in [0.1, 0.15) is 18.3 Å². The molecule has 0 spiro atoms. The zero-order valence-corrected chi connectivity index (χ0v) is 9.94. The number of aliphatic carboxylic acids is 1. The fraction of sp³-hybridized carbons (Fsp3) is 0.900. The number of carboxylic acid groups (broad SMARTS) is 1. The average molecular weight is 252 g/mol. The number of hydrogen-bond acceptors (Lipinski definition) is 6. The van der Waals surface area contributed by atoms with E-state index in [1.807, 2.05) is 6.92 Å². The van der Waals surface area contributed by atoms with Crippen molar-refractivity contribution < 1.29 is 34.7 Å². The molecule has 0 bridgehead atoms. The molecule has 0 rings (SSSR count). The molecule has 102 valence electrons. The van der Waals surface area contributed by atoms with Gasteiger partial charge in [-0.2, -0.15) is 0 Å². The Morgan fingerprint density at radius 2 is 1.82 bits per heavy atom. The Morgan fingerprint density at radius 1 is 1.24 bits per heavy atom. The summed E-state index contributed by atoms with van der Waals surface area (Å²) in [6.45, 7) is 2.11. The van der Waals surface area contributed by atoms with Crippen molar-refractivity contribution in [1.82, 2.24) is 0 Å². The first-order chi connectivity index (χ1) is 7.95. The molecule has 0 aromatic rings. The number of aliphatic hydroxyl groups excluding tert-OH is 3. The second-order valence-electron chi connectivity index (χ2n) is 3.62. The number of carbonyl (C=O) groups is 1. The molecule has 0 aromatic heterocycles. The summed E-state index contributed by atoms with van der Waals surface area (Å²) >= 11 is 0. The molecule has 2 unspecified atom stereocenters. The van der Waals surface area contributed by atoms with Crippen LogP contribution in [0.4, 0.5) is 0 Å². The van der Waals surface area contributed by atoms with E-state index in [9.17, 15) is 20.1 Å². The summed E-state index contributed by atoms with van der Waals surface area (Å²) in [6.07, 6.45) is -5.58. The van der Waals surface area contributed by atoms with Crippen molar-refractivity contribution in [1.29, 1.82) is 0 Å². The van der Waals surface area contributed by atoms with Gasteiger partial charge in [0.05, 0.1) is 6.61 Å². The first kappa shape index (κ1) is 16.3. The lowest BCUT2D eigenvalue weighted by atomic mass is 10.0. The molecule has 0 aliphatic carbocycles. The third-order valence-corrected chi connectivity index (χ3v) is 2.19. The highest BCUT2D eigenvalue weighted by Crippen LogP contribution is 2.08. The molecule has 0 amide bonds. The molecule has 0 aliphatic rings. The van der Waals surface area contributed by atoms with Gasteiger partial charge in [-0.3, -0.25) is 0 Å². The Kier molecular flexibility index (Phi) is 8.01. The van der Waals surface area contributed by atoms with Gasteiger partial charge >= 0.3 is 5.97 Å². The molecule has 0 aliphatic heterocycles. The van der Waals surface area contributed by atoms with E-state index in [1.54, 1.807) is 0 Å². The summed E-state index contributed by atoms with van der Waals surface area (Å²) in [5, 5.41) is 37.2. The lowest BCUT2D eigenvalue weighted by molar-refractivity contribution is -0.169. The predicted octanol–water partition coefficient (Wildman–Crippen LogP) is -1.40. The Hall–Kier alpha value is -0.730. The molecule has 0 saturated carbocycles. The van der Waals surface area contributed by atoms with Crippen molar-refractivity contribution in [3.8, 4) is 0 Å². The van der Waals surface area contributed by atoms with Crippen LogP contribution >= 0.6 is 0 Å². The third-order valence-electron chi connectivity index (χ3n) is 2.19. The normalized spacial score (nSPS) is 18.4. The highest BCUT2D eigenvalue weighted by atomic mass is 16.5. The second kappa shape index (κ2) is 8.37. The molecule has 17 heavy (non-hydrogen) atoms. The van der Waals surface area contributed by atoms with Crippen LogP contribution in [0.25, 0.3) is 0 Å². The molecule has 4 N–H and O–H groups in total. The molecule has 0 fully saturated rings. The van der Waals surface area contributed by atoms with E-state index >= 15 is 0 Å². The summed E-state index contributed by atoms with van der Waals surface area (Å²) < 4.78 is 9.49. The average Bonchev–Trinajstić information content (AvgIpc) is 2.28. The highest BCUT2D eigenvalue weighted by molar-refractivity contribution is 5.73. The molecule has 7 heteroatoms. The molecule has 4 atom stereocenters. The minimum atomic E-state index is -1.72. The first-order valence-electron chi connectivity index (χ1n) is 5.33. The van der Waals surface area contributed by atoms with Gasteiger partial charge < -0.3 is 29.9 Å². The fourth-order valence-corrected chi connectivity index (χ4v) is 1.24. The van der Waals surface area contributed by atoms with Crippen LogP contribution in [-0.2, 0) is 14.3 Å². The molecular formula is C10H20O7. The summed E-state index contributed by atoms with van der Waals surface area (Å²) in [4.78, 5) is 10.7. The van der Waals surface area contributed by atoms with E-state index in [2.05, 4.69) is 4.74 Å². The minimum Gasteiger partial charge on any atom is -0.479 e. The van der Waals surface area contributed by atoms with Crippen LogP contribution in [0.3, 0.4) is 0 Å². The van der Waals surface area contributed by atoms with Gasteiger partial charge in [-0.1, -0.05) is 6.92 Å². The van der Waals surface area contributed by atoms with Crippen LogP contribution in [0.5, 0.6) is 0 Å². The van der Waals surface area contributed by atoms with Crippen molar-refractivity contribution in [3.63, 3.8) is 0 Å². The number of methoxy groups -OCH3 is 1. The number of carboxylic acids is 1. The number of aliphatic hydroxyl groups is 3. The SMILES string of the molecule is CCCOC[C@@H](O)[C@@H](O)C(O)C(OC)C(=O)O. The standard InChI is InChI=1S/C10H20O7/c1-3-4-17-5-6(11)7(12)8(13)9(16-2)10(14)15/h6-9,11-13H,3-5H2,1-2H3,(H,14,15)/t6-,7-,8?,9?/m1/s1. The number of hydrogen-bond donors (Lipinski definition) is 4. The zero-order chi connectivity index (χ0) is 13.4. The molecule has 0 heterocycles. The van der Waals surface area contributed by atoms with Gasteiger partial charge in [0.15, 0.2) is 6.10 Å². The Labute approximate surface area is 99.6 Å². The van der Waals surface area contributed by atoms with Gasteiger partial charge in [-0.25, -0.2) is 4.79 Å². The van der Waals surface area contributed by atoms with Crippen molar-refractivity contribution >= 4 is 5.97 Å². The van der Waals surface area contributed by atoms with Crippen LogP contribution in [0.1, 0.15) is 13.3 Å². The summed E-state index contributed by atoms with van der Waals surface area (Å²) in [6, 6.07) is 0. The molecule has 0 aromatic carbocycles. The summed E-state index contributed by atoms with van der Waals surface area (Å²) in [7, 11) is 1.09. The van der Waals surface area contributed by atoms with Crippen molar-refractivity contribution in [3.05, 3.63) is 0 Å². The van der Waals surface area contributed by atoms with E-state index < -0.39 is 30.4 Å². The maximum absolute atomic E-state index is 10.7. The van der Waals surface area contributed by atoms with Crippen LogP contribution in [0.2, 0.25) is 0 Å². The van der Waals surface area contributed by atoms with Crippen molar-refractivity contribution in [2.24, 2.45) is 0 Å². The third kappa shape index (κ3) is 5.42. The zero-order valence-electron chi connectivity index (χ0n) is 9.94. The lowest BCUT2D eigenvalue weighted by Gasteiger charge is -2.26. The van der Waals surface area contributed by atoms with E-state index in [0.29, 0.717) is 6.61 Å². The number of rotatable bonds is 9. The van der Waals surface area contributed by atoms with E-state index in [-0.39, 0.29) is 6.61 Å². The first-order valence-corrected chi connectivity index (χ1v) is 5.33. The van der Waals surface area contributed by atoms with Gasteiger partial charge in [-0.15, -0.1) is 0 Å². The maximum Gasteiger partial charge on any atom is 0.335 e. The predicted molar refractivity (Wildman–Crippen MR) is 57.6 cm³/mol. The van der Waals surface area contributed by atoms with E-state index in [4.69, 9.17) is 9.84 Å². The van der Waals surface area contributed by atoms with Crippen LogP contribution in [-0.4, -0.2) is 71.1 Å². The van der Waals surface area contributed by atoms with Crippen molar-refractivity contribution in [2.75, 3.05) is 20.3 Å². The topological polar surface area (TPSA) is 116 Å². The smallest absolute Gasteiger partial charge is 0.335 e. The minimum absolute atomic E-state index is 0.178. The van der Waals surface area contributed by atoms with Gasteiger partial charge in [0, 0.05) is 13.7 Å². The van der Waals surface area contributed by atoms with Crippen LogP contribution in [0, 0.1) is 0 Å². The second-order valence-corrected chi connectivity index (χ2v) is 3.62. The number of ether oxygens (including phenoxy) is 2. The summed E-state index contributed by atoms with van der Waals surface area (Å²) in [5.41, 5.74) is 0. The molecule has 7 nitrogen and oxygen atoms in total.